The van der Waals surface area contributed by atoms with Gasteiger partial charge in [0.15, 0.2) is 5.65 Å². The van der Waals surface area contributed by atoms with Crippen molar-refractivity contribution in [3.63, 3.8) is 0 Å². The van der Waals surface area contributed by atoms with Crippen LogP contribution in [0.3, 0.4) is 0 Å². The van der Waals surface area contributed by atoms with Gasteiger partial charge < -0.3 is 10.4 Å². The van der Waals surface area contributed by atoms with E-state index >= 15 is 0 Å². The molecule has 0 saturated carbocycles. The number of aliphatic hydroxyl groups is 1. The summed E-state index contributed by atoms with van der Waals surface area (Å²) in [5.41, 5.74) is -0.195. The van der Waals surface area contributed by atoms with Crippen molar-refractivity contribution >= 4 is 11.5 Å². The summed E-state index contributed by atoms with van der Waals surface area (Å²) in [6.07, 6.45) is 1.17. The van der Waals surface area contributed by atoms with Gasteiger partial charge in [0.25, 0.3) is 5.92 Å². The lowest BCUT2D eigenvalue weighted by Crippen LogP contribution is -2.31. The number of hydrogen-bond acceptors (Lipinski definition) is 5. The van der Waals surface area contributed by atoms with E-state index in [0.717, 1.165) is 4.40 Å². The van der Waals surface area contributed by atoms with Gasteiger partial charge in [0.1, 0.15) is 18.8 Å². The van der Waals surface area contributed by atoms with Gasteiger partial charge in [-0.3, -0.25) is 0 Å². The fourth-order valence-electron chi connectivity index (χ4n) is 1.18. The molecule has 0 aromatic carbocycles. The van der Waals surface area contributed by atoms with E-state index in [9.17, 15) is 13.6 Å². The van der Waals surface area contributed by atoms with Gasteiger partial charge in [-0.15, -0.1) is 0 Å². The van der Waals surface area contributed by atoms with E-state index in [4.69, 9.17) is 5.11 Å². The number of aliphatic hydroxyl groups excluding tert-OH is 1. The number of halogens is 2. The van der Waals surface area contributed by atoms with Crippen LogP contribution in [0.15, 0.2) is 17.2 Å². The highest BCUT2D eigenvalue weighted by molar-refractivity contribution is 5.48. The molecule has 2 aromatic rings. The monoisotopic (exact) mass is 245 g/mol. The third-order valence-corrected chi connectivity index (χ3v) is 2.07. The molecule has 2 heterocycles. The average molecular weight is 245 g/mol. The number of aromatic amines is 1. The summed E-state index contributed by atoms with van der Waals surface area (Å²) < 4.78 is 26.6. The van der Waals surface area contributed by atoms with Crippen molar-refractivity contribution in [3.8, 4) is 0 Å². The van der Waals surface area contributed by atoms with Gasteiger partial charge in [0.2, 0.25) is 0 Å². The molecule has 0 bridgehead atoms. The molecule has 0 aliphatic rings. The number of fused-ring (bicyclic) bond motifs is 1. The van der Waals surface area contributed by atoms with Gasteiger partial charge in [-0.2, -0.15) is 5.10 Å². The molecule has 2 aromatic heterocycles. The van der Waals surface area contributed by atoms with Crippen LogP contribution in [0.4, 0.5) is 14.6 Å². The standard InChI is InChI=1S/C8H9F2N5O2/c9-8(10,3-16)2-11-5-1-6-13-14-7(17)15(6)4-12-5/h1,4,11,16H,2-3H2,(H,14,17). The number of nitrogens with one attached hydrogen (secondary N) is 2. The van der Waals surface area contributed by atoms with Crippen molar-refractivity contribution in [1.29, 1.82) is 0 Å². The first-order chi connectivity index (χ1) is 8.02. The molecule has 9 heteroatoms. The molecular formula is C8H9F2N5O2. The third kappa shape index (κ3) is 2.38. The molecule has 3 N–H and O–H groups in total. The fraction of sp³-hybridized carbons (Fsp3) is 0.375. The zero-order valence-corrected chi connectivity index (χ0v) is 8.52. The number of anilines is 1. The summed E-state index contributed by atoms with van der Waals surface area (Å²) in [4.78, 5) is 14.8. The zero-order valence-electron chi connectivity index (χ0n) is 8.52. The maximum Gasteiger partial charge on any atom is 0.348 e. The van der Waals surface area contributed by atoms with Gasteiger partial charge in [0, 0.05) is 6.07 Å². The Hall–Kier alpha value is -2.03. The Morgan fingerprint density at radius 3 is 3.06 bits per heavy atom. The van der Waals surface area contributed by atoms with Gasteiger partial charge >= 0.3 is 5.69 Å². The maximum atomic E-state index is 12.7. The molecule has 0 radical (unpaired) electrons. The number of H-pyrrole nitrogens is 1. The normalized spacial score (nSPS) is 11.9. The molecule has 17 heavy (non-hydrogen) atoms. The van der Waals surface area contributed by atoms with Gasteiger partial charge in [-0.1, -0.05) is 0 Å². The number of nitrogens with zero attached hydrogens (tertiary/aromatic N) is 3. The predicted molar refractivity (Wildman–Crippen MR) is 54.1 cm³/mol. The first-order valence-electron chi connectivity index (χ1n) is 4.67. The van der Waals surface area contributed by atoms with E-state index in [0.29, 0.717) is 0 Å². The molecule has 0 amide bonds. The van der Waals surface area contributed by atoms with Crippen molar-refractivity contribution in [2.45, 2.75) is 5.92 Å². The Morgan fingerprint density at radius 2 is 2.35 bits per heavy atom. The van der Waals surface area contributed by atoms with Crippen LogP contribution in [-0.2, 0) is 0 Å². The van der Waals surface area contributed by atoms with Crippen LogP contribution in [0.5, 0.6) is 0 Å². The Balaban J connectivity index is 2.17. The van der Waals surface area contributed by atoms with E-state index < -0.39 is 24.8 Å². The molecule has 7 nitrogen and oxygen atoms in total. The number of aromatic nitrogens is 4. The van der Waals surface area contributed by atoms with Gasteiger partial charge in [-0.05, 0) is 0 Å². The Kier molecular flexibility index (Phi) is 2.76. The highest BCUT2D eigenvalue weighted by Gasteiger charge is 2.27. The second kappa shape index (κ2) is 4.09. The van der Waals surface area contributed by atoms with Crippen molar-refractivity contribution in [3.05, 3.63) is 22.9 Å². The molecule has 0 unspecified atom stereocenters. The first kappa shape index (κ1) is 11.5. The van der Waals surface area contributed by atoms with Crippen LogP contribution in [0.1, 0.15) is 0 Å². The second-order valence-corrected chi connectivity index (χ2v) is 3.40. The molecule has 0 spiro atoms. The first-order valence-corrected chi connectivity index (χ1v) is 4.67. The van der Waals surface area contributed by atoms with Crippen LogP contribution in [-0.4, -0.2) is 43.8 Å². The molecule has 0 fully saturated rings. The van der Waals surface area contributed by atoms with Crippen LogP contribution in [0.25, 0.3) is 5.65 Å². The van der Waals surface area contributed by atoms with Crippen molar-refractivity contribution < 1.29 is 13.9 Å². The lowest BCUT2D eigenvalue weighted by Gasteiger charge is -2.13. The Labute approximate surface area is 93.1 Å². The molecule has 0 atom stereocenters. The minimum atomic E-state index is -3.22. The summed E-state index contributed by atoms with van der Waals surface area (Å²) in [6, 6.07) is 1.34. The SMILES string of the molecule is O=c1[nH]nc2cc(NCC(F)(F)CO)ncn12. The van der Waals surface area contributed by atoms with Crippen LogP contribution in [0, 0.1) is 0 Å². The zero-order chi connectivity index (χ0) is 12.5. The lowest BCUT2D eigenvalue weighted by atomic mass is 10.3. The Morgan fingerprint density at radius 1 is 1.59 bits per heavy atom. The number of hydrogen-bond donors (Lipinski definition) is 3. The summed E-state index contributed by atoms with van der Waals surface area (Å²) in [7, 11) is 0. The largest absolute Gasteiger partial charge is 0.390 e. The van der Waals surface area contributed by atoms with Gasteiger partial charge in [0.05, 0.1) is 6.54 Å². The van der Waals surface area contributed by atoms with Crippen molar-refractivity contribution in [1.82, 2.24) is 19.6 Å². The minimum absolute atomic E-state index is 0.143. The molecule has 2 rings (SSSR count). The molecule has 0 aliphatic carbocycles. The highest BCUT2D eigenvalue weighted by atomic mass is 19.3. The lowest BCUT2D eigenvalue weighted by molar-refractivity contribution is -0.0373. The third-order valence-electron chi connectivity index (χ3n) is 2.07. The van der Waals surface area contributed by atoms with E-state index in [1.807, 2.05) is 0 Å². The van der Waals surface area contributed by atoms with E-state index in [1.54, 1.807) is 0 Å². The number of rotatable bonds is 4. The van der Waals surface area contributed by atoms with Crippen molar-refractivity contribution in [2.24, 2.45) is 0 Å². The van der Waals surface area contributed by atoms with E-state index in [1.165, 1.54) is 12.4 Å². The summed E-state index contributed by atoms with van der Waals surface area (Å²) in [6.45, 7) is -1.99. The topological polar surface area (TPSA) is 95.3 Å². The average Bonchev–Trinajstić information content (AvgIpc) is 2.68. The van der Waals surface area contributed by atoms with Crippen LogP contribution < -0.4 is 11.0 Å². The molecule has 0 aliphatic heterocycles. The predicted octanol–water partition coefficient (Wildman–Crippen LogP) is -0.543. The second-order valence-electron chi connectivity index (χ2n) is 3.40. The van der Waals surface area contributed by atoms with Crippen LogP contribution >= 0.6 is 0 Å². The Bertz CT molecular complexity index is 579. The molecule has 92 valence electrons. The summed E-state index contributed by atoms with van der Waals surface area (Å²) in [5, 5.41) is 16.6. The minimum Gasteiger partial charge on any atom is -0.390 e. The smallest absolute Gasteiger partial charge is 0.348 e. The van der Waals surface area contributed by atoms with E-state index in [2.05, 4.69) is 20.5 Å². The highest BCUT2D eigenvalue weighted by Crippen LogP contribution is 2.13. The molecule has 0 saturated heterocycles. The van der Waals surface area contributed by atoms with Crippen LogP contribution in [0.2, 0.25) is 0 Å². The summed E-state index contributed by atoms with van der Waals surface area (Å²) >= 11 is 0. The molecular weight excluding hydrogens is 236 g/mol. The number of alkyl halides is 2. The quantitative estimate of drug-likeness (QED) is 0.672. The van der Waals surface area contributed by atoms with Crippen molar-refractivity contribution in [2.75, 3.05) is 18.5 Å². The van der Waals surface area contributed by atoms with Gasteiger partial charge in [-0.25, -0.2) is 28.1 Å². The van der Waals surface area contributed by atoms with E-state index in [-0.39, 0.29) is 11.5 Å². The summed E-state index contributed by atoms with van der Waals surface area (Å²) in [5.74, 6) is -3.08. The fourth-order valence-corrected chi connectivity index (χ4v) is 1.18. The maximum absolute atomic E-state index is 12.7.